The van der Waals surface area contributed by atoms with E-state index in [1.165, 1.54) is 6.42 Å². The van der Waals surface area contributed by atoms with Crippen molar-refractivity contribution in [1.29, 1.82) is 0 Å². The van der Waals surface area contributed by atoms with E-state index in [0.29, 0.717) is 17.1 Å². The van der Waals surface area contributed by atoms with Gasteiger partial charge in [0.15, 0.2) is 0 Å². The van der Waals surface area contributed by atoms with E-state index in [0.717, 1.165) is 12.8 Å². The van der Waals surface area contributed by atoms with Gasteiger partial charge < -0.3 is 0 Å². The minimum atomic E-state index is 0.0503. The van der Waals surface area contributed by atoms with Crippen LogP contribution in [0.4, 0.5) is 0 Å². The van der Waals surface area contributed by atoms with Crippen LogP contribution in [-0.2, 0) is 4.79 Å². The normalized spacial score (nSPS) is 55.5. The summed E-state index contributed by atoms with van der Waals surface area (Å²) in [4.78, 5) is 11.6. The number of Topliss-reactive ketones (excluding diaryl/α,β-unsaturated/α-hetero) is 1. The van der Waals surface area contributed by atoms with Crippen LogP contribution >= 0.6 is 0 Å². The molecule has 2 aliphatic carbocycles. The molecule has 2 saturated carbocycles. The van der Waals surface area contributed by atoms with Gasteiger partial charge in [-0.05, 0) is 24.2 Å². The van der Waals surface area contributed by atoms with Crippen molar-refractivity contribution >= 4 is 5.78 Å². The zero-order valence-corrected chi connectivity index (χ0v) is 7.61. The molecule has 0 aromatic heterocycles. The zero-order valence-electron chi connectivity index (χ0n) is 7.61. The van der Waals surface area contributed by atoms with Crippen molar-refractivity contribution in [2.45, 2.75) is 40.0 Å². The molecule has 11 heavy (non-hydrogen) atoms. The van der Waals surface area contributed by atoms with Crippen LogP contribution < -0.4 is 0 Å². The SMILES string of the molecule is CC1C2(C)CCC1(C)C(=O)C2. The lowest BCUT2D eigenvalue weighted by Crippen LogP contribution is -2.24. The van der Waals surface area contributed by atoms with Crippen molar-refractivity contribution < 1.29 is 4.79 Å². The summed E-state index contributed by atoms with van der Waals surface area (Å²) in [5.74, 6) is 1.13. The molecule has 2 aliphatic rings. The van der Waals surface area contributed by atoms with Crippen molar-refractivity contribution in [2.24, 2.45) is 16.7 Å². The van der Waals surface area contributed by atoms with Crippen LogP contribution in [-0.4, -0.2) is 5.78 Å². The lowest BCUT2D eigenvalue weighted by atomic mass is 9.80. The summed E-state index contributed by atoms with van der Waals surface area (Å²) < 4.78 is 0. The van der Waals surface area contributed by atoms with Crippen molar-refractivity contribution in [3.8, 4) is 0 Å². The predicted molar refractivity (Wildman–Crippen MR) is 44.2 cm³/mol. The summed E-state index contributed by atoms with van der Waals surface area (Å²) >= 11 is 0. The minimum absolute atomic E-state index is 0.0503. The summed E-state index contributed by atoms with van der Waals surface area (Å²) in [6.07, 6.45) is 3.23. The maximum Gasteiger partial charge on any atom is 0.139 e. The van der Waals surface area contributed by atoms with Crippen LogP contribution in [0, 0.1) is 16.7 Å². The fraction of sp³-hybridized carbons (Fsp3) is 0.900. The molecule has 0 saturated heterocycles. The number of ketones is 1. The minimum Gasteiger partial charge on any atom is -0.299 e. The average molecular weight is 152 g/mol. The van der Waals surface area contributed by atoms with Gasteiger partial charge in [0.2, 0.25) is 0 Å². The lowest BCUT2D eigenvalue weighted by Gasteiger charge is -2.23. The van der Waals surface area contributed by atoms with Gasteiger partial charge in [-0.1, -0.05) is 20.8 Å². The summed E-state index contributed by atoms with van der Waals surface area (Å²) in [6, 6.07) is 0. The van der Waals surface area contributed by atoms with Gasteiger partial charge in [-0.3, -0.25) is 4.79 Å². The molecule has 62 valence electrons. The maximum absolute atomic E-state index is 11.6. The smallest absolute Gasteiger partial charge is 0.139 e. The molecule has 0 aromatic carbocycles. The van der Waals surface area contributed by atoms with Crippen LogP contribution in [0.2, 0.25) is 0 Å². The van der Waals surface area contributed by atoms with E-state index < -0.39 is 0 Å². The van der Waals surface area contributed by atoms with Crippen LogP contribution in [0.3, 0.4) is 0 Å². The van der Waals surface area contributed by atoms with E-state index in [4.69, 9.17) is 0 Å². The van der Waals surface area contributed by atoms with Crippen LogP contribution in [0.15, 0.2) is 0 Å². The summed E-state index contributed by atoms with van der Waals surface area (Å²) in [6.45, 7) is 6.67. The molecule has 2 rings (SSSR count). The molecular weight excluding hydrogens is 136 g/mol. The molecule has 0 spiro atoms. The van der Waals surface area contributed by atoms with E-state index in [2.05, 4.69) is 20.8 Å². The third-order valence-electron chi connectivity index (χ3n) is 4.42. The van der Waals surface area contributed by atoms with E-state index in [1.54, 1.807) is 0 Å². The number of carbonyl (C=O) groups is 1. The van der Waals surface area contributed by atoms with Gasteiger partial charge in [0.05, 0.1) is 0 Å². The summed E-state index contributed by atoms with van der Waals surface area (Å²) in [5, 5.41) is 0. The Morgan fingerprint density at radius 2 is 2.00 bits per heavy atom. The highest BCUT2D eigenvalue weighted by Gasteiger charge is 2.60. The molecule has 0 aliphatic heterocycles. The number of fused-ring (bicyclic) bond motifs is 2. The van der Waals surface area contributed by atoms with Gasteiger partial charge in [-0.15, -0.1) is 0 Å². The second-order valence-corrected chi connectivity index (χ2v) is 4.89. The first-order valence-electron chi connectivity index (χ1n) is 4.52. The molecule has 0 aromatic rings. The quantitative estimate of drug-likeness (QED) is 0.521. The topological polar surface area (TPSA) is 17.1 Å². The average Bonchev–Trinajstić information content (AvgIpc) is 2.23. The fourth-order valence-corrected chi connectivity index (χ4v) is 2.94. The fourth-order valence-electron chi connectivity index (χ4n) is 2.94. The lowest BCUT2D eigenvalue weighted by molar-refractivity contribution is -0.127. The van der Waals surface area contributed by atoms with Crippen molar-refractivity contribution in [3.63, 3.8) is 0 Å². The standard InChI is InChI=1S/C10H16O/c1-7-9(2)4-5-10(7,3)8(11)6-9/h7H,4-6H2,1-3H3. The monoisotopic (exact) mass is 152 g/mol. The zero-order chi connectivity index (χ0) is 8.28. The third kappa shape index (κ3) is 0.646. The van der Waals surface area contributed by atoms with E-state index in [-0.39, 0.29) is 5.41 Å². The van der Waals surface area contributed by atoms with Gasteiger partial charge in [0.1, 0.15) is 5.78 Å². The Bertz CT molecular complexity index is 221. The Labute approximate surface area is 68.2 Å². The number of carbonyl (C=O) groups excluding carboxylic acids is 1. The van der Waals surface area contributed by atoms with Crippen LogP contribution in [0.5, 0.6) is 0 Å². The van der Waals surface area contributed by atoms with E-state index in [1.807, 2.05) is 0 Å². The molecule has 1 nitrogen and oxygen atoms in total. The number of rotatable bonds is 0. The molecule has 0 N–H and O–H groups in total. The van der Waals surface area contributed by atoms with Crippen LogP contribution in [0.1, 0.15) is 40.0 Å². The Morgan fingerprint density at radius 1 is 1.36 bits per heavy atom. The largest absolute Gasteiger partial charge is 0.299 e. The molecule has 0 amide bonds. The second kappa shape index (κ2) is 1.70. The van der Waals surface area contributed by atoms with Gasteiger partial charge in [0.25, 0.3) is 0 Å². The van der Waals surface area contributed by atoms with Crippen LogP contribution in [0.25, 0.3) is 0 Å². The highest BCUT2D eigenvalue weighted by Crippen LogP contribution is 2.62. The highest BCUT2D eigenvalue weighted by molar-refractivity contribution is 5.89. The third-order valence-corrected chi connectivity index (χ3v) is 4.42. The first-order valence-corrected chi connectivity index (χ1v) is 4.52. The van der Waals surface area contributed by atoms with Crippen molar-refractivity contribution in [3.05, 3.63) is 0 Å². The summed E-state index contributed by atoms with van der Waals surface area (Å²) in [7, 11) is 0. The molecule has 0 heterocycles. The number of hydrogen-bond donors (Lipinski definition) is 0. The molecule has 1 heteroatoms. The first kappa shape index (κ1) is 7.33. The molecule has 2 fully saturated rings. The van der Waals surface area contributed by atoms with Crippen molar-refractivity contribution in [1.82, 2.24) is 0 Å². The summed E-state index contributed by atoms with van der Waals surface area (Å²) in [5.41, 5.74) is 0.403. The molecule has 3 atom stereocenters. The van der Waals surface area contributed by atoms with Gasteiger partial charge in [-0.25, -0.2) is 0 Å². The first-order chi connectivity index (χ1) is 4.99. The Kier molecular flexibility index (Phi) is 1.13. The Morgan fingerprint density at radius 3 is 2.18 bits per heavy atom. The van der Waals surface area contributed by atoms with E-state index >= 15 is 0 Å². The second-order valence-electron chi connectivity index (χ2n) is 4.89. The van der Waals surface area contributed by atoms with Crippen molar-refractivity contribution in [2.75, 3.05) is 0 Å². The number of hydrogen-bond acceptors (Lipinski definition) is 1. The van der Waals surface area contributed by atoms with Gasteiger partial charge >= 0.3 is 0 Å². The molecule has 0 radical (unpaired) electrons. The predicted octanol–water partition coefficient (Wildman–Crippen LogP) is 2.40. The van der Waals surface area contributed by atoms with Gasteiger partial charge in [0, 0.05) is 11.8 Å². The molecule has 2 bridgehead atoms. The highest BCUT2D eigenvalue weighted by atomic mass is 16.1. The molecular formula is C10H16O. The van der Waals surface area contributed by atoms with E-state index in [9.17, 15) is 4.79 Å². The van der Waals surface area contributed by atoms with Gasteiger partial charge in [-0.2, -0.15) is 0 Å². The Hall–Kier alpha value is -0.330. The molecule has 3 unspecified atom stereocenters. The maximum atomic E-state index is 11.6. The Balaban J connectivity index is 2.45.